The number of aromatic amines is 2. The van der Waals surface area contributed by atoms with E-state index >= 15 is 0 Å². The van der Waals surface area contributed by atoms with Gasteiger partial charge in [-0.3, -0.25) is 9.13 Å². The SMILES string of the molecule is CC(C)c1n[nH]c(=O)n1CCCCn1c(C(C)C)n[nH]c1=O. The minimum absolute atomic E-state index is 0.174. The minimum Gasteiger partial charge on any atom is -0.279 e. The van der Waals surface area contributed by atoms with Crippen LogP contribution in [0.5, 0.6) is 0 Å². The topological polar surface area (TPSA) is 101 Å². The van der Waals surface area contributed by atoms with E-state index in [0.29, 0.717) is 13.1 Å². The van der Waals surface area contributed by atoms with Crippen molar-refractivity contribution >= 4 is 0 Å². The standard InChI is InChI=1S/C14H24N6O2/c1-9(2)11-15-17-13(21)19(11)7-5-6-8-20-12(10(3)4)16-18-14(20)22/h9-10H,5-8H2,1-4H3,(H,17,21)(H,18,22). The van der Waals surface area contributed by atoms with Gasteiger partial charge in [0.25, 0.3) is 0 Å². The smallest absolute Gasteiger partial charge is 0.279 e. The first-order valence-corrected chi connectivity index (χ1v) is 7.72. The first kappa shape index (κ1) is 16.3. The van der Waals surface area contributed by atoms with Crippen molar-refractivity contribution in [3.05, 3.63) is 32.6 Å². The minimum atomic E-state index is -0.174. The van der Waals surface area contributed by atoms with Gasteiger partial charge in [0.2, 0.25) is 0 Å². The zero-order valence-electron chi connectivity index (χ0n) is 13.6. The molecule has 2 N–H and O–H groups in total. The van der Waals surface area contributed by atoms with Gasteiger partial charge < -0.3 is 0 Å². The normalized spacial score (nSPS) is 11.7. The van der Waals surface area contributed by atoms with Gasteiger partial charge >= 0.3 is 11.4 Å². The van der Waals surface area contributed by atoms with Gasteiger partial charge in [0.15, 0.2) is 0 Å². The molecule has 122 valence electrons. The summed E-state index contributed by atoms with van der Waals surface area (Å²) in [5.74, 6) is 1.94. The largest absolute Gasteiger partial charge is 0.343 e. The molecule has 0 atom stereocenters. The van der Waals surface area contributed by atoms with E-state index in [1.54, 1.807) is 9.13 Å². The first-order chi connectivity index (χ1) is 10.4. The predicted molar refractivity (Wildman–Crippen MR) is 83.1 cm³/mol. The van der Waals surface area contributed by atoms with Crippen LogP contribution in [0.3, 0.4) is 0 Å². The van der Waals surface area contributed by atoms with Crippen molar-refractivity contribution in [1.29, 1.82) is 0 Å². The number of unbranched alkanes of at least 4 members (excludes halogenated alkanes) is 1. The average molecular weight is 308 g/mol. The fraction of sp³-hybridized carbons (Fsp3) is 0.714. The van der Waals surface area contributed by atoms with Crippen LogP contribution in [0.4, 0.5) is 0 Å². The summed E-state index contributed by atoms with van der Waals surface area (Å²) in [5, 5.41) is 13.1. The summed E-state index contributed by atoms with van der Waals surface area (Å²) < 4.78 is 3.35. The molecule has 0 saturated carbocycles. The molecule has 2 aromatic heterocycles. The Balaban J connectivity index is 1.96. The number of aromatic nitrogens is 6. The van der Waals surface area contributed by atoms with Gasteiger partial charge in [-0.2, -0.15) is 10.2 Å². The molecule has 0 aliphatic rings. The number of hydrogen-bond acceptors (Lipinski definition) is 4. The van der Waals surface area contributed by atoms with Gasteiger partial charge in [-0.15, -0.1) is 0 Å². The molecule has 0 spiro atoms. The van der Waals surface area contributed by atoms with E-state index in [0.717, 1.165) is 24.5 Å². The maximum Gasteiger partial charge on any atom is 0.343 e. The number of nitrogens with zero attached hydrogens (tertiary/aromatic N) is 4. The number of rotatable bonds is 7. The van der Waals surface area contributed by atoms with Gasteiger partial charge in [-0.1, -0.05) is 27.7 Å². The average Bonchev–Trinajstić information content (AvgIpc) is 2.99. The van der Waals surface area contributed by atoms with Crippen molar-refractivity contribution in [1.82, 2.24) is 29.5 Å². The second kappa shape index (κ2) is 6.76. The van der Waals surface area contributed by atoms with Gasteiger partial charge in [-0.05, 0) is 12.8 Å². The number of H-pyrrole nitrogens is 2. The van der Waals surface area contributed by atoms with Crippen LogP contribution in [0.1, 0.15) is 64.0 Å². The fourth-order valence-corrected chi connectivity index (χ4v) is 2.51. The third-order valence-corrected chi connectivity index (χ3v) is 3.62. The summed E-state index contributed by atoms with van der Waals surface area (Å²) in [7, 11) is 0. The van der Waals surface area contributed by atoms with Crippen LogP contribution in [0.2, 0.25) is 0 Å². The van der Waals surface area contributed by atoms with Crippen molar-refractivity contribution < 1.29 is 0 Å². The van der Waals surface area contributed by atoms with Crippen LogP contribution >= 0.6 is 0 Å². The van der Waals surface area contributed by atoms with Gasteiger partial charge in [0.05, 0.1) is 0 Å². The molecule has 0 fully saturated rings. The molecule has 0 bridgehead atoms. The van der Waals surface area contributed by atoms with Crippen LogP contribution in [-0.2, 0) is 13.1 Å². The van der Waals surface area contributed by atoms with E-state index in [9.17, 15) is 9.59 Å². The predicted octanol–water partition coefficient (Wildman–Crippen LogP) is 1.18. The van der Waals surface area contributed by atoms with Crippen LogP contribution in [0.15, 0.2) is 9.59 Å². The Morgan fingerprint density at radius 2 is 1.18 bits per heavy atom. The Labute approximate surface area is 128 Å². The van der Waals surface area contributed by atoms with Gasteiger partial charge in [-0.25, -0.2) is 19.8 Å². The van der Waals surface area contributed by atoms with E-state index in [1.807, 2.05) is 27.7 Å². The summed E-state index contributed by atoms with van der Waals surface area (Å²) in [6, 6.07) is 0. The molecule has 8 heteroatoms. The number of nitrogens with one attached hydrogen (secondary N) is 2. The van der Waals surface area contributed by atoms with E-state index in [2.05, 4.69) is 20.4 Å². The lowest BCUT2D eigenvalue weighted by molar-refractivity contribution is 0.506. The lowest BCUT2D eigenvalue weighted by Gasteiger charge is -2.10. The Morgan fingerprint density at radius 1 is 0.818 bits per heavy atom. The first-order valence-electron chi connectivity index (χ1n) is 7.72. The van der Waals surface area contributed by atoms with Gasteiger partial charge in [0, 0.05) is 24.9 Å². The molecular weight excluding hydrogens is 284 g/mol. The molecule has 2 aromatic rings. The molecule has 8 nitrogen and oxygen atoms in total. The molecule has 0 saturated heterocycles. The quantitative estimate of drug-likeness (QED) is 0.750. The second-order valence-electron chi connectivity index (χ2n) is 6.09. The highest BCUT2D eigenvalue weighted by molar-refractivity contribution is 4.93. The molecule has 0 radical (unpaired) electrons. The summed E-state index contributed by atoms with van der Waals surface area (Å²) in [6.07, 6.45) is 1.60. The van der Waals surface area contributed by atoms with Crippen LogP contribution in [0, 0.1) is 0 Å². The van der Waals surface area contributed by atoms with Crippen LogP contribution < -0.4 is 11.4 Å². The molecule has 22 heavy (non-hydrogen) atoms. The highest BCUT2D eigenvalue weighted by Gasteiger charge is 2.13. The lowest BCUT2D eigenvalue weighted by atomic mass is 10.2. The van der Waals surface area contributed by atoms with Crippen LogP contribution in [-0.4, -0.2) is 29.5 Å². The second-order valence-corrected chi connectivity index (χ2v) is 6.09. The molecule has 0 unspecified atom stereocenters. The van der Waals surface area contributed by atoms with E-state index in [4.69, 9.17) is 0 Å². The third kappa shape index (κ3) is 3.37. The van der Waals surface area contributed by atoms with E-state index in [-0.39, 0.29) is 23.2 Å². The molecule has 0 aliphatic carbocycles. The van der Waals surface area contributed by atoms with E-state index in [1.165, 1.54) is 0 Å². The molecule has 0 aliphatic heterocycles. The molecule has 0 aromatic carbocycles. The summed E-state index contributed by atoms with van der Waals surface area (Å²) >= 11 is 0. The highest BCUT2D eigenvalue weighted by Crippen LogP contribution is 2.11. The highest BCUT2D eigenvalue weighted by atomic mass is 16.2. The zero-order chi connectivity index (χ0) is 16.3. The maximum absolute atomic E-state index is 11.7. The molecular formula is C14H24N6O2. The third-order valence-electron chi connectivity index (χ3n) is 3.62. The van der Waals surface area contributed by atoms with Crippen LogP contribution in [0.25, 0.3) is 0 Å². The Hall–Kier alpha value is -2.12. The molecule has 2 rings (SSSR count). The Bertz CT molecular complexity index is 656. The summed E-state index contributed by atoms with van der Waals surface area (Å²) in [6.45, 7) is 9.23. The fourth-order valence-electron chi connectivity index (χ4n) is 2.51. The Morgan fingerprint density at radius 3 is 1.50 bits per heavy atom. The summed E-state index contributed by atoms with van der Waals surface area (Å²) in [4.78, 5) is 23.5. The van der Waals surface area contributed by atoms with Gasteiger partial charge in [0.1, 0.15) is 11.6 Å². The lowest BCUT2D eigenvalue weighted by Crippen LogP contribution is -2.22. The van der Waals surface area contributed by atoms with Crippen molar-refractivity contribution in [3.63, 3.8) is 0 Å². The Kier molecular flexibility index (Phi) is 4.99. The van der Waals surface area contributed by atoms with E-state index < -0.39 is 0 Å². The maximum atomic E-state index is 11.7. The molecule has 2 heterocycles. The van der Waals surface area contributed by atoms with Crippen molar-refractivity contribution in [2.75, 3.05) is 0 Å². The van der Waals surface area contributed by atoms with Crippen molar-refractivity contribution in [2.45, 2.75) is 65.5 Å². The zero-order valence-corrected chi connectivity index (χ0v) is 13.6. The summed E-state index contributed by atoms with van der Waals surface area (Å²) in [5.41, 5.74) is -0.348. The van der Waals surface area contributed by atoms with Crippen molar-refractivity contribution in [2.24, 2.45) is 0 Å². The molecule has 0 amide bonds. The monoisotopic (exact) mass is 308 g/mol. The number of hydrogen-bond donors (Lipinski definition) is 2. The van der Waals surface area contributed by atoms with Crippen molar-refractivity contribution in [3.8, 4) is 0 Å².